The van der Waals surface area contributed by atoms with Gasteiger partial charge in [0.25, 0.3) is 0 Å². The number of methoxy groups -OCH3 is 1. The maximum Gasteiger partial charge on any atom is 0.325 e. The van der Waals surface area contributed by atoms with Crippen molar-refractivity contribution in [3.8, 4) is 0 Å². The zero-order chi connectivity index (χ0) is 13.7. The first kappa shape index (κ1) is 13.5. The summed E-state index contributed by atoms with van der Waals surface area (Å²) in [5.41, 5.74) is -1.93. The monoisotopic (exact) mass is 314 g/mol. The second-order valence-electron chi connectivity index (χ2n) is 5.48. The van der Waals surface area contributed by atoms with Gasteiger partial charge in [0.05, 0.1) is 13.0 Å². The lowest BCUT2D eigenvalue weighted by molar-refractivity contribution is -0.168. The third-order valence-electron chi connectivity index (χ3n) is 4.22. The number of hydrogen-bond acceptors (Lipinski definition) is 4. The van der Waals surface area contributed by atoms with Crippen molar-refractivity contribution in [3.05, 3.63) is 10.6 Å². The average molecular weight is 315 g/mol. The number of ketones is 2. The van der Waals surface area contributed by atoms with Gasteiger partial charge in [-0.15, -0.1) is 0 Å². The van der Waals surface area contributed by atoms with Gasteiger partial charge in [0.2, 0.25) is 0 Å². The molecular formula is C13H15BrO4. The van der Waals surface area contributed by atoms with Crippen molar-refractivity contribution in [2.45, 2.75) is 26.7 Å². The fraction of sp³-hybridized carbons (Fsp3) is 0.615. The lowest BCUT2D eigenvalue weighted by atomic mass is 9.52. The lowest BCUT2D eigenvalue weighted by Gasteiger charge is -2.50. The Kier molecular flexibility index (Phi) is 3.00. The van der Waals surface area contributed by atoms with Crippen LogP contribution in [-0.4, -0.2) is 24.6 Å². The number of fused-ring (bicyclic) bond motifs is 2. The van der Waals surface area contributed by atoms with Gasteiger partial charge >= 0.3 is 5.97 Å². The Labute approximate surface area is 114 Å². The SMILES string of the molecule is COC(=O)C12C(=O)C(CCC1(C)C)C(=O)C=C2Br. The largest absolute Gasteiger partial charge is 0.468 e. The Morgan fingerprint density at radius 3 is 2.61 bits per heavy atom. The normalized spacial score (nSPS) is 34.0. The summed E-state index contributed by atoms with van der Waals surface area (Å²) in [7, 11) is 1.26. The van der Waals surface area contributed by atoms with E-state index in [0.29, 0.717) is 17.3 Å². The summed E-state index contributed by atoms with van der Waals surface area (Å²) in [5, 5.41) is 0. The van der Waals surface area contributed by atoms with E-state index in [1.165, 1.54) is 13.2 Å². The topological polar surface area (TPSA) is 60.4 Å². The summed E-state index contributed by atoms with van der Waals surface area (Å²) in [6.07, 6.45) is 2.50. The van der Waals surface area contributed by atoms with Gasteiger partial charge in [-0.2, -0.15) is 0 Å². The molecule has 0 spiro atoms. The van der Waals surface area contributed by atoms with E-state index in [9.17, 15) is 14.4 Å². The minimum atomic E-state index is -1.36. The van der Waals surface area contributed by atoms with Crippen molar-refractivity contribution in [2.75, 3.05) is 7.11 Å². The highest BCUT2D eigenvalue weighted by Gasteiger charge is 2.66. The Bertz CT molecular complexity index is 477. The van der Waals surface area contributed by atoms with E-state index >= 15 is 0 Å². The van der Waals surface area contributed by atoms with E-state index in [1.54, 1.807) is 0 Å². The molecule has 2 rings (SSSR count). The molecule has 0 N–H and O–H groups in total. The van der Waals surface area contributed by atoms with Crippen LogP contribution in [0, 0.1) is 16.7 Å². The zero-order valence-corrected chi connectivity index (χ0v) is 12.2. The Hall–Kier alpha value is -0.970. The molecule has 0 amide bonds. The molecule has 1 saturated carbocycles. The van der Waals surface area contributed by atoms with Crippen LogP contribution in [0.1, 0.15) is 26.7 Å². The molecule has 0 heterocycles. The third-order valence-corrected chi connectivity index (χ3v) is 5.05. The summed E-state index contributed by atoms with van der Waals surface area (Å²) in [6.45, 7) is 3.73. The van der Waals surface area contributed by atoms with Gasteiger partial charge in [0.1, 0.15) is 0 Å². The summed E-state index contributed by atoms with van der Waals surface area (Å²) in [5.74, 6) is -1.83. The van der Waals surface area contributed by atoms with Crippen LogP contribution >= 0.6 is 15.9 Å². The number of esters is 1. The van der Waals surface area contributed by atoms with Gasteiger partial charge in [0.15, 0.2) is 17.0 Å². The van der Waals surface area contributed by atoms with Crippen molar-refractivity contribution in [3.63, 3.8) is 0 Å². The minimum Gasteiger partial charge on any atom is -0.468 e. The molecule has 2 bridgehead atoms. The second-order valence-corrected chi connectivity index (χ2v) is 6.33. The van der Waals surface area contributed by atoms with Crippen LogP contribution in [0.2, 0.25) is 0 Å². The Morgan fingerprint density at radius 2 is 2.06 bits per heavy atom. The van der Waals surface area contributed by atoms with Gasteiger partial charge < -0.3 is 4.74 Å². The molecule has 5 heteroatoms. The second kappa shape index (κ2) is 4.02. The Balaban J connectivity index is 2.73. The molecule has 2 aliphatic rings. The summed E-state index contributed by atoms with van der Waals surface area (Å²) in [6, 6.07) is 0. The molecule has 2 unspecified atom stereocenters. The standard InChI is InChI=1S/C13H15BrO4/c1-12(2)5-4-7-8(15)6-9(14)13(12,10(7)16)11(17)18-3/h6-7H,4-5H2,1-3H3. The number of rotatable bonds is 1. The van der Waals surface area contributed by atoms with E-state index in [0.717, 1.165) is 0 Å². The van der Waals surface area contributed by atoms with Crippen molar-refractivity contribution < 1.29 is 19.1 Å². The Morgan fingerprint density at radius 1 is 1.44 bits per heavy atom. The smallest absolute Gasteiger partial charge is 0.325 e. The first-order valence-electron chi connectivity index (χ1n) is 5.83. The molecule has 2 aliphatic carbocycles. The van der Waals surface area contributed by atoms with Gasteiger partial charge in [0, 0.05) is 4.48 Å². The maximum atomic E-state index is 12.6. The van der Waals surface area contributed by atoms with Crippen LogP contribution in [-0.2, 0) is 19.1 Å². The zero-order valence-electron chi connectivity index (χ0n) is 10.6. The fourth-order valence-electron chi connectivity index (χ4n) is 3.09. The lowest BCUT2D eigenvalue weighted by Crippen LogP contribution is -2.59. The summed E-state index contributed by atoms with van der Waals surface area (Å²) in [4.78, 5) is 36.6. The van der Waals surface area contributed by atoms with Crippen molar-refractivity contribution in [1.29, 1.82) is 0 Å². The van der Waals surface area contributed by atoms with Crippen molar-refractivity contribution in [1.82, 2.24) is 0 Å². The predicted octanol–water partition coefficient (Wildman–Crippen LogP) is 2.01. The van der Waals surface area contributed by atoms with E-state index in [4.69, 9.17) is 4.74 Å². The number of halogens is 1. The quantitative estimate of drug-likeness (QED) is 0.549. The van der Waals surface area contributed by atoms with Crippen LogP contribution in [0.25, 0.3) is 0 Å². The number of carbonyl (C=O) groups is 3. The van der Waals surface area contributed by atoms with Gasteiger partial charge in [-0.1, -0.05) is 29.8 Å². The van der Waals surface area contributed by atoms with E-state index in [2.05, 4.69) is 15.9 Å². The molecule has 0 radical (unpaired) electrons. The molecule has 4 nitrogen and oxygen atoms in total. The number of hydrogen-bond donors (Lipinski definition) is 0. The average Bonchev–Trinajstić information content (AvgIpc) is 2.26. The first-order valence-corrected chi connectivity index (χ1v) is 6.62. The predicted molar refractivity (Wildman–Crippen MR) is 68.0 cm³/mol. The minimum absolute atomic E-state index is 0.220. The molecule has 18 heavy (non-hydrogen) atoms. The number of ether oxygens (including phenoxy) is 1. The third kappa shape index (κ3) is 1.40. The highest BCUT2D eigenvalue weighted by Crippen LogP contribution is 2.58. The van der Waals surface area contributed by atoms with E-state index in [-0.39, 0.29) is 11.6 Å². The molecule has 1 fully saturated rings. The summed E-state index contributed by atoms with van der Waals surface area (Å²) < 4.78 is 5.17. The number of carbonyl (C=O) groups excluding carboxylic acids is 3. The molecule has 2 atom stereocenters. The van der Waals surface area contributed by atoms with Crippen LogP contribution in [0.3, 0.4) is 0 Å². The van der Waals surface area contributed by atoms with Gasteiger partial charge in [-0.25, -0.2) is 0 Å². The van der Waals surface area contributed by atoms with Crippen molar-refractivity contribution >= 4 is 33.5 Å². The van der Waals surface area contributed by atoms with Crippen LogP contribution in [0.4, 0.5) is 0 Å². The van der Waals surface area contributed by atoms with Crippen LogP contribution in [0.5, 0.6) is 0 Å². The maximum absolute atomic E-state index is 12.6. The van der Waals surface area contributed by atoms with Crippen LogP contribution in [0.15, 0.2) is 10.6 Å². The molecular weight excluding hydrogens is 300 g/mol. The molecule has 0 saturated heterocycles. The molecule has 0 aliphatic heterocycles. The highest BCUT2D eigenvalue weighted by molar-refractivity contribution is 9.11. The highest BCUT2D eigenvalue weighted by atomic mass is 79.9. The number of Topliss-reactive ketones (excluding diaryl/α,β-unsaturated/α-hetero) is 1. The van der Waals surface area contributed by atoms with Crippen LogP contribution < -0.4 is 0 Å². The molecule has 0 aromatic carbocycles. The molecule has 98 valence electrons. The van der Waals surface area contributed by atoms with Gasteiger partial charge in [-0.3, -0.25) is 14.4 Å². The summed E-state index contributed by atoms with van der Waals surface area (Å²) >= 11 is 3.25. The van der Waals surface area contributed by atoms with Crippen molar-refractivity contribution in [2.24, 2.45) is 16.7 Å². The number of allylic oxidation sites excluding steroid dienone is 1. The fourth-order valence-corrected chi connectivity index (χ4v) is 4.21. The molecule has 0 aromatic rings. The van der Waals surface area contributed by atoms with Gasteiger partial charge in [-0.05, 0) is 24.3 Å². The van der Waals surface area contributed by atoms with E-state index in [1.807, 2.05) is 13.8 Å². The van der Waals surface area contributed by atoms with E-state index < -0.39 is 22.7 Å². The first-order chi connectivity index (χ1) is 8.29. The molecule has 0 aromatic heterocycles.